The van der Waals surface area contributed by atoms with Crippen molar-refractivity contribution in [3.63, 3.8) is 0 Å². The molecule has 1 atom stereocenters. The lowest BCUT2D eigenvalue weighted by Crippen LogP contribution is -2.35. The first kappa shape index (κ1) is 25.8. The van der Waals surface area contributed by atoms with Crippen LogP contribution >= 0.6 is 11.3 Å². The number of rotatable bonds is 5. The highest BCUT2D eigenvalue weighted by Gasteiger charge is 2.32. The number of hydrogen-bond donors (Lipinski definition) is 1. The molecule has 0 radical (unpaired) electrons. The van der Waals surface area contributed by atoms with Crippen molar-refractivity contribution in [3.05, 3.63) is 71.8 Å². The summed E-state index contributed by atoms with van der Waals surface area (Å²) in [4.78, 5) is 43.9. The van der Waals surface area contributed by atoms with Crippen LogP contribution in [0.3, 0.4) is 0 Å². The highest BCUT2D eigenvalue weighted by molar-refractivity contribution is 7.18. The topological polar surface area (TPSA) is 138 Å². The van der Waals surface area contributed by atoms with Gasteiger partial charge in [-0.05, 0) is 69.1 Å². The Bertz CT molecular complexity index is 1650. The van der Waals surface area contributed by atoms with Gasteiger partial charge in [-0.1, -0.05) is 20.8 Å². The molecule has 4 aromatic heterocycles. The van der Waals surface area contributed by atoms with E-state index >= 15 is 0 Å². The van der Waals surface area contributed by atoms with Gasteiger partial charge in [0.05, 0.1) is 16.9 Å². The predicted octanol–water partition coefficient (Wildman–Crippen LogP) is 4.66. The van der Waals surface area contributed by atoms with Gasteiger partial charge in [-0.25, -0.2) is 9.66 Å². The van der Waals surface area contributed by atoms with Gasteiger partial charge in [-0.3, -0.25) is 29.8 Å². The molecule has 38 heavy (non-hydrogen) atoms. The summed E-state index contributed by atoms with van der Waals surface area (Å²) in [6.45, 7) is 11.7. The number of aryl methyl sites for hydroxylation is 3. The van der Waals surface area contributed by atoms with Gasteiger partial charge in [0, 0.05) is 4.88 Å². The Kier molecular flexibility index (Phi) is 6.25. The summed E-state index contributed by atoms with van der Waals surface area (Å²) < 4.78 is 8.34. The molecule has 200 valence electrons. The molecule has 0 spiro atoms. The van der Waals surface area contributed by atoms with Crippen molar-refractivity contribution in [2.45, 2.75) is 67.3 Å². The molecule has 0 aliphatic heterocycles. The lowest BCUT2D eigenvalue weighted by atomic mass is 9.72. The van der Waals surface area contributed by atoms with E-state index in [9.17, 15) is 19.7 Å². The second-order valence-electron chi connectivity index (χ2n) is 10.9. The number of amides is 1. The maximum atomic E-state index is 13.5. The number of hydrogen-bond acceptors (Lipinski definition) is 8. The SMILES string of the molecule is Cc1nn(Cc2ccc(C(=O)Nn3c(C)nc4sc5c(c4c3=O)CC[C@H](C(C)(C)C)C5)o2)c(C)c1[N+](=O)[O-]. The fourth-order valence-corrected chi connectivity index (χ4v) is 6.53. The van der Waals surface area contributed by atoms with E-state index in [1.165, 1.54) is 20.3 Å². The van der Waals surface area contributed by atoms with Gasteiger partial charge in [0.15, 0.2) is 5.76 Å². The molecule has 1 amide bonds. The van der Waals surface area contributed by atoms with Gasteiger partial charge >= 0.3 is 11.6 Å². The Labute approximate surface area is 222 Å². The molecule has 1 N–H and O–H groups in total. The van der Waals surface area contributed by atoms with Crippen molar-refractivity contribution in [3.8, 4) is 0 Å². The second kappa shape index (κ2) is 9.19. The van der Waals surface area contributed by atoms with E-state index in [1.807, 2.05) is 0 Å². The maximum absolute atomic E-state index is 13.5. The Hall–Kier alpha value is -3.80. The minimum atomic E-state index is -0.598. The van der Waals surface area contributed by atoms with Crippen LogP contribution in [0.15, 0.2) is 21.3 Å². The smallest absolute Gasteiger partial charge is 0.312 e. The minimum Gasteiger partial charge on any atom is -0.454 e. The second-order valence-corrected chi connectivity index (χ2v) is 12.0. The molecule has 4 aromatic rings. The zero-order valence-corrected chi connectivity index (χ0v) is 23.1. The van der Waals surface area contributed by atoms with Gasteiger partial charge in [0.25, 0.3) is 5.56 Å². The van der Waals surface area contributed by atoms with Gasteiger partial charge in [-0.15, -0.1) is 11.3 Å². The predicted molar refractivity (Wildman–Crippen MR) is 143 cm³/mol. The molecule has 5 rings (SSSR count). The van der Waals surface area contributed by atoms with E-state index in [4.69, 9.17) is 4.42 Å². The van der Waals surface area contributed by atoms with Crippen molar-refractivity contribution in [1.82, 2.24) is 19.4 Å². The molecule has 0 fully saturated rings. The van der Waals surface area contributed by atoms with Gasteiger partial charge < -0.3 is 4.42 Å². The summed E-state index contributed by atoms with van der Waals surface area (Å²) in [5.74, 6) is 0.721. The number of furan rings is 1. The van der Waals surface area contributed by atoms with E-state index in [0.29, 0.717) is 39.1 Å². The first-order valence-corrected chi connectivity index (χ1v) is 13.3. The van der Waals surface area contributed by atoms with Crippen LogP contribution in [-0.4, -0.2) is 30.3 Å². The lowest BCUT2D eigenvalue weighted by Gasteiger charge is -2.33. The summed E-state index contributed by atoms with van der Waals surface area (Å²) in [6.07, 6.45) is 2.76. The summed E-state index contributed by atoms with van der Waals surface area (Å²) in [5.41, 5.74) is 4.23. The monoisotopic (exact) mass is 538 g/mol. The molecule has 0 bridgehead atoms. The standard InChI is InChI=1S/C26H30N6O5S/c1-13-22(32(35)36)14(2)30(28-13)12-17-8-10-19(37-17)23(33)29-31-15(3)27-24-21(25(31)34)18-9-7-16(26(4,5)6)11-20(18)38-24/h8,10,16H,7,9,11-12H2,1-6H3,(H,29,33)/t16-/m0/s1. The van der Waals surface area contributed by atoms with Gasteiger partial charge in [0.2, 0.25) is 0 Å². The molecule has 0 saturated heterocycles. The molecule has 11 nitrogen and oxygen atoms in total. The number of nitrogens with zero attached hydrogens (tertiary/aromatic N) is 5. The fraction of sp³-hybridized carbons (Fsp3) is 0.462. The van der Waals surface area contributed by atoms with Crippen molar-refractivity contribution in [1.29, 1.82) is 0 Å². The fourth-order valence-electron chi connectivity index (χ4n) is 5.19. The third-order valence-electron chi connectivity index (χ3n) is 7.41. The van der Waals surface area contributed by atoms with Crippen LogP contribution in [0.5, 0.6) is 0 Å². The lowest BCUT2D eigenvalue weighted by molar-refractivity contribution is -0.386. The normalized spacial score (nSPS) is 15.6. The van der Waals surface area contributed by atoms with Crippen LogP contribution in [0, 0.1) is 42.2 Å². The van der Waals surface area contributed by atoms with Crippen LogP contribution in [0.4, 0.5) is 5.69 Å². The molecule has 1 aliphatic rings. The number of carbonyl (C=O) groups excluding carboxylic acids is 1. The summed E-state index contributed by atoms with van der Waals surface area (Å²) in [7, 11) is 0. The van der Waals surface area contributed by atoms with Crippen LogP contribution in [-0.2, 0) is 19.4 Å². The Morgan fingerprint density at radius 1 is 1.29 bits per heavy atom. The number of fused-ring (bicyclic) bond motifs is 3. The van der Waals surface area contributed by atoms with E-state index < -0.39 is 10.8 Å². The number of carbonyl (C=O) groups is 1. The first-order valence-electron chi connectivity index (χ1n) is 12.5. The highest BCUT2D eigenvalue weighted by atomic mass is 32.1. The van der Waals surface area contributed by atoms with Crippen molar-refractivity contribution < 1.29 is 14.1 Å². The average molecular weight is 539 g/mol. The van der Waals surface area contributed by atoms with Crippen molar-refractivity contribution >= 4 is 33.1 Å². The Morgan fingerprint density at radius 3 is 2.68 bits per heavy atom. The van der Waals surface area contributed by atoms with E-state index in [-0.39, 0.29) is 29.0 Å². The largest absolute Gasteiger partial charge is 0.454 e. The first-order chi connectivity index (χ1) is 17.8. The molecular weight excluding hydrogens is 508 g/mol. The quantitative estimate of drug-likeness (QED) is 0.288. The molecule has 4 heterocycles. The average Bonchev–Trinajstić information content (AvgIpc) is 3.51. The minimum absolute atomic E-state index is 0.00259. The number of nitro groups is 1. The number of thiophene rings is 1. The van der Waals surface area contributed by atoms with Crippen LogP contribution in [0.25, 0.3) is 10.2 Å². The number of aromatic nitrogens is 4. The highest BCUT2D eigenvalue weighted by Crippen LogP contribution is 2.42. The summed E-state index contributed by atoms with van der Waals surface area (Å²) >= 11 is 1.58. The van der Waals surface area contributed by atoms with Crippen molar-refractivity contribution in [2.75, 3.05) is 5.43 Å². The summed E-state index contributed by atoms with van der Waals surface area (Å²) in [6, 6.07) is 3.10. The molecule has 12 heteroatoms. The molecule has 0 unspecified atom stereocenters. The molecule has 0 aromatic carbocycles. The third-order valence-corrected chi connectivity index (χ3v) is 8.55. The van der Waals surface area contributed by atoms with E-state index in [1.54, 1.807) is 38.2 Å². The Balaban J connectivity index is 1.39. The van der Waals surface area contributed by atoms with Gasteiger partial charge in [0.1, 0.15) is 27.8 Å². The zero-order chi connectivity index (χ0) is 27.5. The molecule has 0 saturated carbocycles. The van der Waals surface area contributed by atoms with E-state index in [0.717, 1.165) is 24.8 Å². The maximum Gasteiger partial charge on any atom is 0.312 e. The number of nitrogens with one attached hydrogen (secondary N) is 1. The Morgan fingerprint density at radius 2 is 2.03 bits per heavy atom. The van der Waals surface area contributed by atoms with Gasteiger partial charge in [-0.2, -0.15) is 5.10 Å². The summed E-state index contributed by atoms with van der Waals surface area (Å²) in [5, 5.41) is 16.1. The third kappa shape index (κ3) is 4.42. The van der Waals surface area contributed by atoms with Crippen LogP contribution in [0.2, 0.25) is 0 Å². The zero-order valence-electron chi connectivity index (χ0n) is 22.2. The molecule has 1 aliphatic carbocycles. The van der Waals surface area contributed by atoms with Crippen LogP contribution in [0.1, 0.15) is 71.2 Å². The van der Waals surface area contributed by atoms with Crippen LogP contribution < -0.4 is 11.0 Å². The molecular formula is C26H30N6O5S. The van der Waals surface area contributed by atoms with Crippen molar-refractivity contribution in [2.24, 2.45) is 11.3 Å². The van der Waals surface area contributed by atoms with E-state index in [2.05, 4.69) is 36.3 Å².